The number of guanidine groups is 1. The number of alkyl carbamates (subject to hydrolysis) is 1. The minimum atomic E-state index is -0.895. The topological polar surface area (TPSA) is 185 Å². The predicted octanol–water partition coefficient (Wildman–Crippen LogP) is 1.96. The number of Topliss-reactive ketones (excluding diaryl/α,β-unsaturated/α-hetero) is 1. The van der Waals surface area contributed by atoms with E-state index in [1.165, 1.54) is 11.3 Å². The summed E-state index contributed by atoms with van der Waals surface area (Å²) in [4.78, 5) is 50.0. The SMILES string of the molecule is CC(C)C[C@H](NC(=O)OC1CCN(C(C)O)CC1)C(=O)N[C@@H](CCCN=C(N)N)C(=O)c1nc2ccccc2s1. The predicted molar refractivity (Wildman–Crippen MR) is 155 cm³/mol. The number of aliphatic hydroxyl groups is 1. The molecule has 1 saturated heterocycles. The molecule has 1 unspecified atom stereocenters. The van der Waals surface area contributed by atoms with E-state index in [1.807, 2.05) is 43.0 Å². The number of hydrogen-bond acceptors (Lipinski definition) is 9. The molecule has 12 nitrogen and oxygen atoms in total. The molecule has 1 aliphatic heterocycles. The first-order valence-corrected chi connectivity index (χ1v) is 14.5. The van der Waals surface area contributed by atoms with E-state index in [1.54, 1.807) is 6.92 Å². The number of aromatic nitrogens is 1. The van der Waals surface area contributed by atoms with Crippen LogP contribution in [0.25, 0.3) is 10.2 Å². The Bertz CT molecular complexity index is 1140. The number of ketones is 1. The Morgan fingerprint density at radius 3 is 2.48 bits per heavy atom. The lowest BCUT2D eigenvalue weighted by Gasteiger charge is -2.33. The van der Waals surface area contributed by atoms with Crippen molar-refractivity contribution in [2.75, 3.05) is 19.6 Å². The average molecular weight is 576 g/mol. The van der Waals surface area contributed by atoms with Gasteiger partial charge in [0.05, 0.1) is 16.3 Å². The zero-order valence-electron chi connectivity index (χ0n) is 23.3. The summed E-state index contributed by atoms with van der Waals surface area (Å²) in [5.41, 5.74) is 11.6. The number of likely N-dealkylation sites (tertiary alicyclic amines) is 1. The van der Waals surface area contributed by atoms with Crippen LogP contribution >= 0.6 is 11.3 Å². The highest BCUT2D eigenvalue weighted by atomic mass is 32.1. The fourth-order valence-electron chi connectivity index (χ4n) is 4.57. The second-order valence-corrected chi connectivity index (χ2v) is 11.5. The number of nitrogens with one attached hydrogen (secondary N) is 2. The lowest BCUT2D eigenvalue weighted by atomic mass is 10.0. The Kier molecular flexibility index (Phi) is 11.6. The highest BCUT2D eigenvalue weighted by molar-refractivity contribution is 7.20. The summed E-state index contributed by atoms with van der Waals surface area (Å²) in [6, 6.07) is 5.67. The molecular formula is C27H41N7O5S. The van der Waals surface area contributed by atoms with Crippen LogP contribution in [0, 0.1) is 5.92 Å². The summed E-state index contributed by atoms with van der Waals surface area (Å²) in [6.45, 7) is 7.12. The number of fused-ring (bicyclic) bond motifs is 1. The van der Waals surface area contributed by atoms with Gasteiger partial charge in [-0.25, -0.2) is 9.78 Å². The number of carbonyl (C=O) groups excluding carboxylic acids is 3. The van der Waals surface area contributed by atoms with Gasteiger partial charge in [0.25, 0.3) is 0 Å². The van der Waals surface area contributed by atoms with Gasteiger partial charge in [-0.2, -0.15) is 0 Å². The third kappa shape index (κ3) is 9.42. The molecule has 2 amide bonds. The summed E-state index contributed by atoms with van der Waals surface area (Å²) >= 11 is 1.27. The van der Waals surface area contributed by atoms with Crippen LogP contribution in [0.1, 0.15) is 62.7 Å². The second-order valence-electron chi connectivity index (χ2n) is 10.5. The molecule has 3 rings (SSSR count). The highest BCUT2D eigenvalue weighted by Gasteiger charge is 2.31. The van der Waals surface area contributed by atoms with Crippen LogP contribution in [0.4, 0.5) is 4.79 Å². The number of rotatable bonds is 13. The van der Waals surface area contributed by atoms with E-state index >= 15 is 0 Å². The fraction of sp³-hybridized carbons (Fsp3) is 0.593. The maximum atomic E-state index is 13.5. The lowest BCUT2D eigenvalue weighted by Crippen LogP contribution is -2.52. The number of hydrogen-bond donors (Lipinski definition) is 5. The van der Waals surface area contributed by atoms with Crippen molar-refractivity contribution in [3.63, 3.8) is 0 Å². The van der Waals surface area contributed by atoms with E-state index in [0.29, 0.717) is 55.8 Å². The number of aliphatic imine (C=N–C) groups is 1. The maximum absolute atomic E-state index is 13.5. The summed E-state index contributed by atoms with van der Waals surface area (Å²) in [6.07, 6.45) is 0.748. The van der Waals surface area contributed by atoms with Crippen molar-refractivity contribution in [2.45, 2.75) is 77.3 Å². The molecule has 2 aromatic rings. The van der Waals surface area contributed by atoms with Crippen LogP contribution in [0.5, 0.6) is 0 Å². The fourth-order valence-corrected chi connectivity index (χ4v) is 5.53. The van der Waals surface area contributed by atoms with Crippen LogP contribution < -0.4 is 22.1 Å². The van der Waals surface area contributed by atoms with Gasteiger partial charge < -0.3 is 31.9 Å². The van der Waals surface area contributed by atoms with Gasteiger partial charge in [-0.3, -0.25) is 19.5 Å². The molecule has 0 aliphatic carbocycles. The van der Waals surface area contributed by atoms with Gasteiger partial charge in [0.1, 0.15) is 18.4 Å². The number of thiazole rings is 1. The van der Waals surface area contributed by atoms with E-state index in [0.717, 1.165) is 4.70 Å². The summed E-state index contributed by atoms with van der Waals surface area (Å²) in [7, 11) is 0. The van der Waals surface area contributed by atoms with E-state index < -0.39 is 30.3 Å². The number of ether oxygens (including phenoxy) is 1. The Morgan fingerprint density at radius 2 is 1.85 bits per heavy atom. The molecule has 220 valence electrons. The summed E-state index contributed by atoms with van der Waals surface area (Å²) < 4.78 is 6.46. The number of amides is 2. The van der Waals surface area contributed by atoms with Crippen molar-refractivity contribution in [3.8, 4) is 0 Å². The molecule has 3 atom stereocenters. The molecule has 0 spiro atoms. The number of nitrogens with two attached hydrogens (primary N) is 2. The third-order valence-corrected chi connectivity index (χ3v) is 7.73. The highest BCUT2D eigenvalue weighted by Crippen LogP contribution is 2.23. The quantitative estimate of drug-likeness (QED) is 0.103. The van der Waals surface area contributed by atoms with Gasteiger partial charge in [0.2, 0.25) is 11.7 Å². The van der Waals surface area contributed by atoms with Crippen molar-refractivity contribution in [2.24, 2.45) is 22.4 Å². The average Bonchev–Trinajstić information content (AvgIpc) is 3.34. The number of carbonyl (C=O) groups is 3. The molecule has 1 aromatic carbocycles. The smallest absolute Gasteiger partial charge is 0.408 e. The van der Waals surface area contributed by atoms with Gasteiger partial charge in [0, 0.05) is 19.6 Å². The van der Waals surface area contributed by atoms with Gasteiger partial charge in [-0.1, -0.05) is 26.0 Å². The summed E-state index contributed by atoms with van der Waals surface area (Å²) in [5, 5.41) is 15.6. The van der Waals surface area contributed by atoms with Crippen molar-refractivity contribution in [1.29, 1.82) is 0 Å². The zero-order valence-corrected chi connectivity index (χ0v) is 24.2. The molecule has 0 radical (unpaired) electrons. The van der Waals surface area contributed by atoms with Crippen LogP contribution in [-0.4, -0.2) is 82.8 Å². The van der Waals surface area contributed by atoms with Gasteiger partial charge in [-0.15, -0.1) is 11.3 Å². The van der Waals surface area contributed by atoms with Crippen molar-refractivity contribution >= 4 is 45.3 Å². The lowest BCUT2D eigenvalue weighted by molar-refractivity contribution is -0.124. The van der Waals surface area contributed by atoms with Crippen molar-refractivity contribution in [3.05, 3.63) is 29.3 Å². The Morgan fingerprint density at radius 1 is 1.15 bits per heavy atom. The molecule has 7 N–H and O–H groups in total. The largest absolute Gasteiger partial charge is 0.446 e. The number of para-hydroxylation sites is 1. The minimum Gasteiger partial charge on any atom is -0.446 e. The normalized spacial score (nSPS) is 16.7. The van der Waals surface area contributed by atoms with Crippen LogP contribution in [0.2, 0.25) is 0 Å². The van der Waals surface area contributed by atoms with Crippen molar-refractivity contribution < 1.29 is 24.2 Å². The number of aliphatic hydroxyl groups excluding tert-OH is 1. The Hall–Kier alpha value is -3.29. The first kappa shape index (κ1) is 31.2. The molecule has 1 aromatic heterocycles. The number of benzene rings is 1. The standard InChI is InChI=1S/C27H41N7O5S/c1-16(2)15-21(33-27(38)39-18-10-13-34(14-11-18)17(3)35)24(37)31-20(8-6-12-30-26(28)29)23(36)25-32-19-7-4-5-9-22(19)40-25/h4-5,7,9,16-18,20-21,35H,6,8,10-15H2,1-3H3,(H,31,37)(H,33,38)(H4,28,29,30)/t17?,20-,21-/m0/s1. The third-order valence-electron chi connectivity index (χ3n) is 6.68. The number of nitrogens with zero attached hydrogens (tertiary/aromatic N) is 3. The van der Waals surface area contributed by atoms with E-state index in [9.17, 15) is 19.5 Å². The minimum absolute atomic E-state index is 0.0469. The van der Waals surface area contributed by atoms with Gasteiger partial charge in [0.15, 0.2) is 11.0 Å². The first-order chi connectivity index (χ1) is 19.0. The van der Waals surface area contributed by atoms with Crippen LogP contribution in [-0.2, 0) is 9.53 Å². The van der Waals surface area contributed by atoms with Crippen molar-refractivity contribution in [1.82, 2.24) is 20.5 Å². The van der Waals surface area contributed by atoms with Gasteiger partial charge in [-0.05, 0) is 57.1 Å². The molecule has 1 fully saturated rings. The molecule has 1 aliphatic rings. The molecule has 0 saturated carbocycles. The second kappa shape index (κ2) is 14.9. The monoisotopic (exact) mass is 575 g/mol. The number of piperidine rings is 1. The van der Waals surface area contributed by atoms with Crippen LogP contribution in [0.15, 0.2) is 29.3 Å². The molecular weight excluding hydrogens is 534 g/mol. The maximum Gasteiger partial charge on any atom is 0.408 e. The van der Waals surface area contributed by atoms with E-state index in [4.69, 9.17) is 16.2 Å². The van der Waals surface area contributed by atoms with Crippen LogP contribution in [0.3, 0.4) is 0 Å². The molecule has 40 heavy (non-hydrogen) atoms. The first-order valence-electron chi connectivity index (χ1n) is 13.7. The van der Waals surface area contributed by atoms with E-state index in [2.05, 4.69) is 20.6 Å². The Labute approximate surface area is 238 Å². The van der Waals surface area contributed by atoms with E-state index in [-0.39, 0.29) is 30.2 Å². The Balaban J connectivity index is 1.68. The molecule has 13 heteroatoms. The summed E-state index contributed by atoms with van der Waals surface area (Å²) in [5.74, 6) is -0.745. The molecule has 0 bridgehead atoms. The zero-order chi connectivity index (χ0) is 29.2. The van der Waals surface area contributed by atoms with Gasteiger partial charge >= 0.3 is 6.09 Å². The molecule has 2 heterocycles.